The number of hydrogen-bond donors (Lipinski definition) is 1. The van der Waals surface area contributed by atoms with Crippen LogP contribution in [0.3, 0.4) is 0 Å². The minimum atomic E-state index is -4.11. The molecule has 30 heavy (non-hydrogen) atoms. The number of piperidine rings is 1. The van der Waals surface area contributed by atoms with Crippen molar-refractivity contribution in [3.8, 4) is 0 Å². The third-order valence-corrected chi connectivity index (χ3v) is 6.39. The molecule has 1 saturated heterocycles. The fourth-order valence-electron chi connectivity index (χ4n) is 3.70. The number of rotatable bonds is 5. The number of nitrogens with one attached hydrogen (secondary N) is 1. The molecule has 0 saturated carbocycles. The van der Waals surface area contributed by atoms with Crippen LogP contribution in [0.2, 0.25) is 0 Å². The average molecular weight is 440 g/mol. The number of aromatic nitrogens is 1. The zero-order valence-electron chi connectivity index (χ0n) is 17.6. The van der Waals surface area contributed by atoms with E-state index in [0.717, 1.165) is 29.1 Å². The summed E-state index contributed by atoms with van der Waals surface area (Å²) in [6.45, 7) is 7.59. The van der Waals surface area contributed by atoms with Gasteiger partial charge in [-0.2, -0.15) is 13.2 Å². The molecule has 1 fully saturated rings. The summed E-state index contributed by atoms with van der Waals surface area (Å²) in [4.78, 5) is 19.1. The Morgan fingerprint density at radius 2 is 1.87 bits per heavy atom. The first-order chi connectivity index (χ1) is 14.0. The number of hydrogen-bond acceptors (Lipinski definition) is 4. The molecule has 164 valence electrons. The average Bonchev–Trinajstić information content (AvgIpc) is 3.16. The molecule has 0 spiro atoms. The third kappa shape index (κ3) is 6.04. The van der Waals surface area contributed by atoms with Crippen LogP contribution in [0, 0.1) is 0 Å². The van der Waals surface area contributed by atoms with Gasteiger partial charge in [0.15, 0.2) is 0 Å². The number of thiazole rings is 1. The molecule has 1 aromatic heterocycles. The van der Waals surface area contributed by atoms with Crippen LogP contribution in [-0.2, 0) is 5.41 Å². The second kappa shape index (κ2) is 9.06. The molecule has 2 aromatic rings. The summed E-state index contributed by atoms with van der Waals surface area (Å²) in [5, 5.41) is 5.63. The van der Waals surface area contributed by atoms with Crippen molar-refractivity contribution in [3.05, 3.63) is 45.9 Å². The fourth-order valence-corrected chi connectivity index (χ4v) is 4.67. The summed E-state index contributed by atoms with van der Waals surface area (Å²) < 4.78 is 37.2. The van der Waals surface area contributed by atoms with Gasteiger partial charge in [-0.05, 0) is 43.0 Å². The highest BCUT2D eigenvalue weighted by atomic mass is 32.1. The van der Waals surface area contributed by atoms with Crippen molar-refractivity contribution in [1.29, 1.82) is 0 Å². The summed E-state index contributed by atoms with van der Waals surface area (Å²) in [5.41, 5.74) is 2.12. The van der Waals surface area contributed by atoms with E-state index in [1.165, 1.54) is 11.3 Å². The summed E-state index contributed by atoms with van der Waals surface area (Å²) in [6, 6.07) is 7.75. The number of amides is 1. The molecule has 8 heteroatoms. The van der Waals surface area contributed by atoms with Crippen LogP contribution in [0.5, 0.6) is 0 Å². The SMILES string of the molecule is CC(C)(C)c1ccccc1NC(=O)c1csc(C2CCN(CCC(F)(F)F)CC2)n1. The number of carbonyl (C=O) groups excluding carboxylic acids is 1. The van der Waals surface area contributed by atoms with E-state index in [1.807, 2.05) is 29.2 Å². The lowest BCUT2D eigenvalue weighted by molar-refractivity contribution is -0.138. The minimum Gasteiger partial charge on any atom is -0.320 e. The van der Waals surface area contributed by atoms with Gasteiger partial charge in [0.2, 0.25) is 0 Å². The van der Waals surface area contributed by atoms with E-state index >= 15 is 0 Å². The molecule has 2 heterocycles. The molecule has 0 bridgehead atoms. The summed E-state index contributed by atoms with van der Waals surface area (Å²) in [5.74, 6) is -0.0441. The van der Waals surface area contributed by atoms with Crippen LogP contribution in [0.25, 0.3) is 0 Å². The van der Waals surface area contributed by atoms with Gasteiger partial charge in [0.05, 0.1) is 11.4 Å². The normalized spacial score (nSPS) is 16.6. The highest BCUT2D eigenvalue weighted by Gasteiger charge is 2.30. The topological polar surface area (TPSA) is 45.2 Å². The van der Waals surface area contributed by atoms with Gasteiger partial charge in [0, 0.05) is 23.5 Å². The Bertz CT molecular complexity index is 865. The van der Waals surface area contributed by atoms with E-state index in [4.69, 9.17) is 0 Å². The van der Waals surface area contributed by atoms with E-state index in [1.54, 1.807) is 5.38 Å². The van der Waals surface area contributed by atoms with Crippen LogP contribution in [0.15, 0.2) is 29.6 Å². The Labute approximate surface area is 179 Å². The van der Waals surface area contributed by atoms with Gasteiger partial charge in [-0.15, -0.1) is 11.3 Å². The number of likely N-dealkylation sites (tertiary alicyclic amines) is 1. The lowest BCUT2D eigenvalue weighted by Crippen LogP contribution is -2.35. The van der Waals surface area contributed by atoms with Gasteiger partial charge in [0.25, 0.3) is 5.91 Å². The van der Waals surface area contributed by atoms with Gasteiger partial charge in [-0.25, -0.2) is 4.98 Å². The van der Waals surface area contributed by atoms with E-state index in [-0.39, 0.29) is 23.8 Å². The van der Waals surface area contributed by atoms with Gasteiger partial charge in [-0.3, -0.25) is 4.79 Å². The lowest BCUT2D eigenvalue weighted by atomic mass is 9.86. The number of para-hydroxylation sites is 1. The smallest absolute Gasteiger partial charge is 0.320 e. The molecule has 0 radical (unpaired) electrons. The second-order valence-electron chi connectivity index (χ2n) is 8.80. The van der Waals surface area contributed by atoms with Crippen molar-refractivity contribution < 1.29 is 18.0 Å². The number of benzene rings is 1. The molecule has 0 aliphatic carbocycles. The standard InChI is InChI=1S/C22H28F3N3OS/c1-21(2,3)16-6-4-5-7-17(16)26-19(29)18-14-30-20(27-18)15-8-11-28(12-9-15)13-10-22(23,24)25/h4-7,14-15H,8-13H2,1-3H3,(H,26,29). The van der Waals surface area contributed by atoms with Gasteiger partial charge < -0.3 is 10.2 Å². The molecule has 1 aromatic carbocycles. The molecular weight excluding hydrogens is 411 g/mol. The highest BCUT2D eigenvalue weighted by molar-refractivity contribution is 7.10. The maximum absolute atomic E-state index is 12.7. The summed E-state index contributed by atoms with van der Waals surface area (Å²) >= 11 is 1.45. The van der Waals surface area contributed by atoms with Crippen molar-refractivity contribution in [2.45, 2.75) is 57.5 Å². The number of alkyl halides is 3. The van der Waals surface area contributed by atoms with Crippen LogP contribution in [0.1, 0.15) is 67.0 Å². The molecule has 4 nitrogen and oxygen atoms in total. The molecule has 1 amide bonds. The first-order valence-corrected chi connectivity index (χ1v) is 11.1. The Balaban J connectivity index is 1.59. The second-order valence-corrected chi connectivity index (χ2v) is 9.69. The van der Waals surface area contributed by atoms with Crippen LogP contribution in [-0.4, -0.2) is 41.6 Å². The lowest BCUT2D eigenvalue weighted by Gasteiger charge is -2.31. The molecule has 0 unspecified atom stereocenters. The summed E-state index contributed by atoms with van der Waals surface area (Å²) in [7, 11) is 0. The van der Waals surface area contributed by atoms with Crippen LogP contribution < -0.4 is 5.32 Å². The van der Waals surface area contributed by atoms with E-state index in [0.29, 0.717) is 18.8 Å². The van der Waals surface area contributed by atoms with Gasteiger partial charge in [0.1, 0.15) is 5.69 Å². The zero-order valence-corrected chi connectivity index (χ0v) is 18.4. The Morgan fingerprint density at radius 1 is 1.20 bits per heavy atom. The van der Waals surface area contributed by atoms with E-state index in [9.17, 15) is 18.0 Å². The Morgan fingerprint density at radius 3 is 2.50 bits per heavy atom. The van der Waals surface area contributed by atoms with Gasteiger partial charge in [-0.1, -0.05) is 39.0 Å². The molecular formula is C22H28F3N3OS. The molecule has 1 aliphatic rings. The van der Waals surface area contributed by atoms with Crippen molar-refractivity contribution in [2.75, 3.05) is 25.0 Å². The maximum atomic E-state index is 12.7. The fraction of sp³-hybridized carbons (Fsp3) is 0.545. The molecule has 1 aliphatic heterocycles. The Kier molecular flexibility index (Phi) is 6.87. The molecule has 1 N–H and O–H groups in total. The van der Waals surface area contributed by atoms with Crippen molar-refractivity contribution in [2.24, 2.45) is 0 Å². The Hall–Kier alpha value is -1.93. The van der Waals surface area contributed by atoms with Gasteiger partial charge >= 0.3 is 6.18 Å². The van der Waals surface area contributed by atoms with E-state index < -0.39 is 12.6 Å². The largest absolute Gasteiger partial charge is 0.390 e. The zero-order chi connectivity index (χ0) is 21.9. The van der Waals surface area contributed by atoms with Crippen molar-refractivity contribution in [3.63, 3.8) is 0 Å². The molecule has 0 atom stereocenters. The highest BCUT2D eigenvalue weighted by Crippen LogP contribution is 2.32. The monoisotopic (exact) mass is 439 g/mol. The number of anilines is 1. The number of carbonyl (C=O) groups is 1. The predicted molar refractivity (Wildman–Crippen MR) is 114 cm³/mol. The summed E-state index contributed by atoms with van der Waals surface area (Å²) in [6.07, 6.45) is -3.35. The third-order valence-electron chi connectivity index (χ3n) is 5.39. The first-order valence-electron chi connectivity index (χ1n) is 10.2. The number of nitrogens with zero attached hydrogens (tertiary/aromatic N) is 2. The van der Waals surface area contributed by atoms with Crippen LogP contribution in [0.4, 0.5) is 18.9 Å². The van der Waals surface area contributed by atoms with Crippen LogP contribution >= 0.6 is 11.3 Å². The van der Waals surface area contributed by atoms with Crippen molar-refractivity contribution >= 4 is 22.9 Å². The van der Waals surface area contributed by atoms with E-state index in [2.05, 4.69) is 31.1 Å². The first kappa shape index (κ1) is 22.7. The minimum absolute atomic E-state index is 0.0505. The molecule has 3 rings (SSSR count). The predicted octanol–water partition coefficient (Wildman–Crippen LogP) is 5.82. The quantitative estimate of drug-likeness (QED) is 0.638. The maximum Gasteiger partial charge on any atom is 0.390 e. The number of halogens is 3. The van der Waals surface area contributed by atoms with Crippen molar-refractivity contribution in [1.82, 2.24) is 9.88 Å².